The van der Waals surface area contributed by atoms with Crippen molar-refractivity contribution in [3.63, 3.8) is 0 Å². The number of aliphatic hydroxyl groups is 1. The Morgan fingerprint density at radius 1 is 1.29 bits per heavy atom. The third-order valence-corrected chi connectivity index (χ3v) is 7.06. The highest BCUT2D eigenvalue weighted by molar-refractivity contribution is 5.73. The van der Waals surface area contributed by atoms with Gasteiger partial charge in [0.1, 0.15) is 11.8 Å². The molecule has 3 N–H and O–H groups in total. The van der Waals surface area contributed by atoms with Crippen molar-refractivity contribution in [3.8, 4) is 5.88 Å². The average molecular weight is 470 g/mol. The lowest BCUT2D eigenvalue weighted by molar-refractivity contribution is -0.120. The Balaban J connectivity index is 1.51. The minimum absolute atomic E-state index is 0.111. The number of ether oxygens (including phenoxy) is 1. The second-order valence-corrected chi connectivity index (χ2v) is 10.2. The standard InChI is InChI=1S/C27H36FN3O3/c1-17(2)25(28)20-13-21-23(14-27(10-7-11-27)34-26(21)30-15-20)29-16-24(33)22(31-18(3)32)12-19-8-5-4-6-9-19/h4-6,8-9,13,15,17,22-25,29,33H,7,10-12,14,16H2,1-3H3,(H,31,32)/t22-,23-,24+,25-/m0/s1. The molecule has 184 valence electrons. The lowest BCUT2D eigenvalue weighted by Crippen LogP contribution is -2.52. The maximum absolute atomic E-state index is 14.8. The zero-order valence-corrected chi connectivity index (χ0v) is 20.3. The molecule has 4 rings (SSSR count). The van der Waals surface area contributed by atoms with Gasteiger partial charge in [-0.2, -0.15) is 0 Å². The fourth-order valence-corrected chi connectivity index (χ4v) is 4.96. The van der Waals surface area contributed by atoms with E-state index in [2.05, 4.69) is 15.6 Å². The Hall–Kier alpha value is -2.51. The molecule has 2 heterocycles. The van der Waals surface area contributed by atoms with Gasteiger partial charge in [-0.1, -0.05) is 44.2 Å². The number of benzene rings is 1. The van der Waals surface area contributed by atoms with Gasteiger partial charge in [0.25, 0.3) is 0 Å². The predicted molar refractivity (Wildman–Crippen MR) is 129 cm³/mol. The molecule has 7 heteroatoms. The number of hydrogen-bond donors (Lipinski definition) is 3. The lowest BCUT2D eigenvalue weighted by atomic mass is 9.73. The van der Waals surface area contributed by atoms with Crippen LogP contribution in [0.2, 0.25) is 0 Å². The molecule has 0 radical (unpaired) electrons. The second-order valence-electron chi connectivity index (χ2n) is 10.2. The molecule has 1 aromatic heterocycles. The molecule has 0 bridgehead atoms. The number of halogens is 1. The summed E-state index contributed by atoms with van der Waals surface area (Å²) in [7, 11) is 0. The van der Waals surface area contributed by atoms with Gasteiger partial charge in [-0.15, -0.1) is 0 Å². The normalized spacial score (nSPS) is 21.2. The first-order valence-corrected chi connectivity index (χ1v) is 12.3. The van der Waals surface area contributed by atoms with Crippen LogP contribution in [-0.4, -0.2) is 40.3 Å². The summed E-state index contributed by atoms with van der Waals surface area (Å²) in [6, 6.07) is 11.1. The molecule has 1 fully saturated rings. The summed E-state index contributed by atoms with van der Waals surface area (Å²) >= 11 is 0. The first kappa shape index (κ1) is 24.6. The van der Waals surface area contributed by atoms with Crippen molar-refractivity contribution >= 4 is 5.91 Å². The van der Waals surface area contributed by atoms with E-state index in [0.717, 1.165) is 36.8 Å². The van der Waals surface area contributed by atoms with Crippen molar-refractivity contribution in [1.82, 2.24) is 15.6 Å². The summed E-state index contributed by atoms with van der Waals surface area (Å²) in [6.07, 6.45) is 4.02. The van der Waals surface area contributed by atoms with Crippen LogP contribution in [0.4, 0.5) is 4.39 Å². The quantitative estimate of drug-likeness (QED) is 0.513. The first-order chi connectivity index (χ1) is 16.3. The highest BCUT2D eigenvalue weighted by Crippen LogP contribution is 2.48. The molecular formula is C27H36FN3O3. The van der Waals surface area contributed by atoms with E-state index in [1.165, 1.54) is 6.92 Å². The molecule has 1 amide bonds. The molecule has 1 aromatic carbocycles. The highest BCUT2D eigenvalue weighted by atomic mass is 19.1. The number of carbonyl (C=O) groups is 1. The van der Waals surface area contributed by atoms with Gasteiger partial charge in [-0.05, 0) is 43.2 Å². The van der Waals surface area contributed by atoms with Crippen molar-refractivity contribution in [2.75, 3.05) is 6.54 Å². The molecule has 4 atom stereocenters. The largest absolute Gasteiger partial charge is 0.471 e. The van der Waals surface area contributed by atoms with Gasteiger partial charge in [0, 0.05) is 43.3 Å². The Labute approximate surface area is 201 Å². The molecule has 2 aliphatic rings. The van der Waals surface area contributed by atoms with Gasteiger partial charge in [0.05, 0.1) is 12.1 Å². The molecule has 2 aromatic rings. The number of pyridine rings is 1. The van der Waals surface area contributed by atoms with Crippen LogP contribution in [0.15, 0.2) is 42.6 Å². The minimum atomic E-state index is -1.10. The SMILES string of the molecule is CC(=O)N[C@@H](Cc1ccccc1)[C@H](O)CN[C@H]1CC2(CCC2)Oc2ncc([C@@H](F)C(C)C)cc21. The van der Waals surface area contributed by atoms with Crippen molar-refractivity contribution in [1.29, 1.82) is 0 Å². The number of nitrogens with zero attached hydrogens (tertiary/aromatic N) is 1. The number of alkyl halides is 1. The number of rotatable bonds is 9. The smallest absolute Gasteiger partial charge is 0.218 e. The lowest BCUT2D eigenvalue weighted by Gasteiger charge is -2.47. The molecule has 6 nitrogen and oxygen atoms in total. The number of nitrogens with one attached hydrogen (secondary N) is 2. The summed E-state index contributed by atoms with van der Waals surface area (Å²) < 4.78 is 21.0. The molecular weight excluding hydrogens is 433 g/mol. The van der Waals surface area contributed by atoms with Crippen LogP contribution >= 0.6 is 0 Å². The topological polar surface area (TPSA) is 83.5 Å². The zero-order valence-electron chi connectivity index (χ0n) is 20.3. The minimum Gasteiger partial charge on any atom is -0.471 e. The maximum Gasteiger partial charge on any atom is 0.218 e. The summed E-state index contributed by atoms with van der Waals surface area (Å²) in [5.41, 5.74) is 2.19. The van der Waals surface area contributed by atoms with E-state index in [0.29, 0.717) is 17.9 Å². The number of amides is 1. The number of fused-ring (bicyclic) bond motifs is 1. The number of aliphatic hydroxyl groups excluding tert-OH is 1. The molecule has 1 aliphatic carbocycles. The van der Waals surface area contributed by atoms with Crippen molar-refractivity contribution in [2.24, 2.45) is 5.92 Å². The van der Waals surface area contributed by atoms with Gasteiger partial charge in [-0.25, -0.2) is 9.37 Å². The third kappa shape index (κ3) is 5.58. The third-order valence-electron chi connectivity index (χ3n) is 7.06. The van der Waals surface area contributed by atoms with Crippen molar-refractivity contribution in [3.05, 3.63) is 59.3 Å². The van der Waals surface area contributed by atoms with Crippen LogP contribution in [0, 0.1) is 5.92 Å². The van der Waals surface area contributed by atoms with Crippen LogP contribution in [0.25, 0.3) is 0 Å². The van der Waals surface area contributed by atoms with Crippen molar-refractivity contribution < 1.29 is 19.0 Å². The Morgan fingerprint density at radius 2 is 2.03 bits per heavy atom. The molecule has 34 heavy (non-hydrogen) atoms. The van der Waals surface area contributed by atoms with E-state index in [9.17, 15) is 14.3 Å². The number of hydrogen-bond acceptors (Lipinski definition) is 5. The summed E-state index contributed by atoms with van der Waals surface area (Å²) in [5.74, 6) is 0.230. The van der Waals surface area contributed by atoms with Gasteiger partial charge in [0.2, 0.25) is 11.8 Å². The van der Waals surface area contributed by atoms with E-state index < -0.39 is 18.3 Å². The zero-order chi connectivity index (χ0) is 24.3. The van der Waals surface area contributed by atoms with Crippen LogP contribution in [0.5, 0.6) is 5.88 Å². The molecule has 1 saturated carbocycles. The Bertz CT molecular complexity index is 980. The monoisotopic (exact) mass is 469 g/mol. The number of carbonyl (C=O) groups excluding carboxylic acids is 1. The Morgan fingerprint density at radius 3 is 2.65 bits per heavy atom. The summed E-state index contributed by atoms with van der Waals surface area (Å²) in [4.78, 5) is 16.3. The first-order valence-electron chi connectivity index (χ1n) is 12.3. The molecule has 1 aliphatic heterocycles. The van der Waals surface area contributed by atoms with E-state index in [4.69, 9.17) is 4.74 Å². The van der Waals surface area contributed by atoms with Gasteiger partial charge < -0.3 is 20.5 Å². The summed E-state index contributed by atoms with van der Waals surface area (Å²) in [6.45, 7) is 5.45. The highest BCUT2D eigenvalue weighted by Gasteiger charge is 2.46. The van der Waals surface area contributed by atoms with Gasteiger partial charge in [-0.3, -0.25) is 4.79 Å². The summed E-state index contributed by atoms with van der Waals surface area (Å²) in [5, 5.41) is 17.4. The second kappa shape index (κ2) is 10.4. The average Bonchev–Trinajstić information content (AvgIpc) is 2.80. The van der Waals surface area contributed by atoms with E-state index in [1.807, 2.05) is 50.2 Å². The van der Waals surface area contributed by atoms with Crippen LogP contribution in [-0.2, 0) is 11.2 Å². The molecule has 0 saturated heterocycles. The van der Waals surface area contributed by atoms with Crippen LogP contribution in [0.3, 0.4) is 0 Å². The molecule has 0 unspecified atom stereocenters. The van der Waals surface area contributed by atoms with Crippen LogP contribution < -0.4 is 15.4 Å². The maximum atomic E-state index is 14.8. The van der Waals surface area contributed by atoms with E-state index >= 15 is 0 Å². The van der Waals surface area contributed by atoms with E-state index in [-0.39, 0.29) is 30.0 Å². The fraction of sp³-hybridized carbons (Fsp3) is 0.556. The Kier molecular flexibility index (Phi) is 7.53. The van der Waals surface area contributed by atoms with Crippen LogP contribution in [0.1, 0.15) is 75.4 Å². The van der Waals surface area contributed by atoms with Gasteiger partial charge in [0.15, 0.2) is 0 Å². The molecule has 1 spiro atoms. The van der Waals surface area contributed by atoms with Gasteiger partial charge >= 0.3 is 0 Å². The number of aromatic nitrogens is 1. The fourth-order valence-electron chi connectivity index (χ4n) is 4.96. The predicted octanol–water partition coefficient (Wildman–Crippen LogP) is 4.19. The van der Waals surface area contributed by atoms with Crippen molar-refractivity contribution in [2.45, 2.75) is 82.8 Å². The van der Waals surface area contributed by atoms with E-state index in [1.54, 1.807) is 6.20 Å².